The van der Waals surface area contributed by atoms with Gasteiger partial charge in [-0.05, 0) is 57.2 Å². The molecule has 1 aliphatic carbocycles. The van der Waals surface area contributed by atoms with Crippen molar-refractivity contribution in [2.45, 2.75) is 59.5 Å². The maximum atomic E-state index is 13.7. The van der Waals surface area contributed by atoms with Gasteiger partial charge in [0.2, 0.25) is 0 Å². The highest BCUT2D eigenvalue weighted by molar-refractivity contribution is 6.12. The third kappa shape index (κ3) is 4.97. The van der Waals surface area contributed by atoms with Gasteiger partial charge in [-0.1, -0.05) is 26.0 Å². The summed E-state index contributed by atoms with van der Waals surface area (Å²) in [6, 6.07) is 7.39. The topological polar surface area (TPSA) is 90.9 Å². The van der Waals surface area contributed by atoms with E-state index in [0.717, 1.165) is 17.7 Å². The summed E-state index contributed by atoms with van der Waals surface area (Å²) in [6.07, 6.45) is 1.07. The van der Waals surface area contributed by atoms with E-state index in [1.54, 1.807) is 13.8 Å². The second-order valence-electron chi connectivity index (χ2n) is 8.91. The van der Waals surface area contributed by atoms with Crippen LogP contribution < -0.4 is 10.1 Å². The first-order valence-corrected chi connectivity index (χ1v) is 11.5. The van der Waals surface area contributed by atoms with Gasteiger partial charge in [0.1, 0.15) is 11.7 Å². The number of benzene rings is 1. The number of dihydropyridines is 1. The van der Waals surface area contributed by atoms with Crippen LogP contribution in [0.15, 0.2) is 46.8 Å². The maximum absolute atomic E-state index is 13.7. The van der Waals surface area contributed by atoms with Crippen LogP contribution in [-0.4, -0.2) is 37.5 Å². The van der Waals surface area contributed by atoms with Gasteiger partial charge in [-0.25, -0.2) is 4.79 Å². The Kier molecular flexibility index (Phi) is 7.61. The summed E-state index contributed by atoms with van der Waals surface area (Å²) in [7, 11) is 1.29. The molecule has 1 aromatic rings. The number of carbonyl (C=O) groups is 3. The van der Waals surface area contributed by atoms with Crippen molar-refractivity contribution in [3.8, 4) is 5.75 Å². The molecule has 0 saturated heterocycles. The summed E-state index contributed by atoms with van der Waals surface area (Å²) < 4.78 is 16.2. The summed E-state index contributed by atoms with van der Waals surface area (Å²) in [6.45, 7) is 9.87. The second kappa shape index (κ2) is 10.2. The Hall–Kier alpha value is -3.09. The van der Waals surface area contributed by atoms with E-state index < -0.39 is 23.8 Å². The lowest BCUT2D eigenvalue weighted by Gasteiger charge is -2.38. The SMILES string of the molecule is CCCOc1ccc([C@H]2C(C(=O)OC(C)C)=C(C)NC3=C2C(=O)[C@@H](C(=O)OC)[C@H](C)C3)cc1. The molecular weight excluding hydrogens is 422 g/mol. The van der Waals surface area contributed by atoms with Crippen molar-refractivity contribution in [1.29, 1.82) is 0 Å². The molecule has 0 radical (unpaired) electrons. The molecule has 0 fully saturated rings. The summed E-state index contributed by atoms with van der Waals surface area (Å²) in [4.78, 5) is 39.3. The number of esters is 2. The van der Waals surface area contributed by atoms with Gasteiger partial charge in [0.05, 0.1) is 25.4 Å². The Labute approximate surface area is 195 Å². The predicted octanol–water partition coefficient (Wildman–Crippen LogP) is 4.04. The van der Waals surface area contributed by atoms with E-state index in [1.807, 2.05) is 45.0 Å². The van der Waals surface area contributed by atoms with Gasteiger partial charge < -0.3 is 19.5 Å². The molecule has 2 aliphatic rings. The smallest absolute Gasteiger partial charge is 0.337 e. The number of methoxy groups -OCH3 is 1. The Morgan fingerprint density at radius 2 is 1.85 bits per heavy atom. The van der Waals surface area contributed by atoms with Crippen LogP contribution in [0, 0.1) is 11.8 Å². The van der Waals surface area contributed by atoms with Crippen LogP contribution in [0.5, 0.6) is 5.75 Å². The van der Waals surface area contributed by atoms with Crippen molar-refractivity contribution < 1.29 is 28.6 Å². The molecule has 1 N–H and O–H groups in total. The van der Waals surface area contributed by atoms with Crippen LogP contribution in [0.2, 0.25) is 0 Å². The first kappa shape index (κ1) is 24.6. The van der Waals surface area contributed by atoms with Gasteiger partial charge in [0.25, 0.3) is 0 Å². The Morgan fingerprint density at radius 3 is 2.42 bits per heavy atom. The molecule has 0 unspecified atom stereocenters. The summed E-state index contributed by atoms with van der Waals surface area (Å²) >= 11 is 0. The van der Waals surface area contributed by atoms with Gasteiger partial charge in [-0.3, -0.25) is 9.59 Å². The minimum atomic E-state index is -0.911. The molecule has 0 bridgehead atoms. The zero-order valence-electron chi connectivity index (χ0n) is 20.2. The molecule has 3 rings (SSSR count). The zero-order valence-corrected chi connectivity index (χ0v) is 20.2. The number of Topliss-reactive ketones (excluding diaryl/α,β-unsaturated/α-hetero) is 1. The number of rotatable bonds is 7. The van der Waals surface area contributed by atoms with Crippen LogP contribution in [0.1, 0.15) is 58.9 Å². The van der Waals surface area contributed by atoms with E-state index >= 15 is 0 Å². The molecule has 0 spiro atoms. The van der Waals surface area contributed by atoms with Crippen LogP contribution in [-0.2, 0) is 23.9 Å². The molecular formula is C26H33NO6. The maximum Gasteiger partial charge on any atom is 0.337 e. The lowest BCUT2D eigenvalue weighted by molar-refractivity contribution is -0.151. The first-order valence-electron chi connectivity index (χ1n) is 11.5. The average Bonchev–Trinajstić information content (AvgIpc) is 2.76. The molecule has 1 aromatic carbocycles. The van der Waals surface area contributed by atoms with E-state index in [-0.39, 0.29) is 17.8 Å². The molecule has 0 amide bonds. The molecule has 3 atom stereocenters. The van der Waals surface area contributed by atoms with E-state index in [0.29, 0.717) is 35.6 Å². The van der Waals surface area contributed by atoms with Crippen molar-refractivity contribution in [2.24, 2.45) is 11.8 Å². The average molecular weight is 456 g/mol. The standard InChI is InChI=1S/C26H33NO6/c1-7-12-32-18-10-8-17(9-11-18)22-21(26(30)33-14(2)3)16(5)27-19-13-15(4)20(25(29)31-6)24(28)23(19)22/h8-11,14-15,20,22,27H,7,12-13H2,1-6H3/t15-,20+,22+/m1/s1. The fourth-order valence-corrected chi connectivity index (χ4v) is 4.54. The van der Waals surface area contributed by atoms with Gasteiger partial charge in [-0.2, -0.15) is 0 Å². The minimum Gasteiger partial charge on any atom is -0.494 e. The number of ether oxygens (including phenoxy) is 3. The molecule has 178 valence electrons. The Balaban J connectivity index is 2.12. The number of hydrogen-bond donors (Lipinski definition) is 1. The fraction of sp³-hybridized carbons (Fsp3) is 0.500. The van der Waals surface area contributed by atoms with Gasteiger partial charge >= 0.3 is 11.9 Å². The van der Waals surface area contributed by atoms with Crippen LogP contribution in [0.25, 0.3) is 0 Å². The largest absolute Gasteiger partial charge is 0.494 e. The summed E-state index contributed by atoms with van der Waals surface area (Å²) in [5.41, 5.74) is 2.94. The zero-order chi connectivity index (χ0) is 24.3. The van der Waals surface area contributed by atoms with E-state index in [2.05, 4.69) is 5.32 Å². The van der Waals surface area contributed by atoms with Crippen molar-refractivity contribution in [2.75, 3.05) is 13.7 Å². The molecule has 0 aromatic heterocycles. The highest BCUT2D eigenvalue weighted by atomic mass is 16.5. The quantitative estimate of drug-likeness (QED) is 0.490. The number of ketones is 1. The molecule has 7 heteroatoms. The number of carbonyl (C=O) groups excluding carboxylic acids is 3. The van der Waals surface area contributed by atoms with E-state index in [4.69, 9.17) is 14.2 Å². The molecule has 1 aliphatic heterocycles. The van der Waals surface area contributed by atoms with Crippen molar-refractivity contribution in [1.82, 2.24) is 5.32 Å². The predicted molar refractivity (Wildman–Crippen MR) is 123 cm³/mol. The van der Waals surface area contributed by atoms with Crippen molar-refractivity contribution in [3.63, 3.8) is 0 Å². The van der Waals surface area contributed by atoms with Crippen LogP contribution in [0.3, 0.4) is 0 Å². The normalized spacial score (nSPS) is 22.6. The highest BCUT2D eigenvalue weighted by Crippen LogP contribution is 2.45. The third-order valence-electron chi connectivity index (χ3n) is 5.99. The van der Waals surface area contributed by atoms with Gasteiger partial charge in [0.15, 0.2) is 5.78 Å². The van der Waals surface area contributed by atoms with Gasteiger partial charge in [-0.15, -0.1) is 0 Å². The highest BCUT2D eigenvalue weighted by Gasteiger charge is 2.47. The number of nitrogens with one attached hydrogen (secondary N) is 1. The molecule has 1 heterocycles. The van der Waals surface area contributed by atoms with E-state index in [1.165, 1.54) is 7.11 Å². The van der Waals surface area contributed by atoms with Crippen LogP contribution >= 0.6 is 0 Å². The monoisotopic (exact) mass is 455 g/mol. The van der Waals surface area contributed by atoms with Gasteiger partial charge in [0, 0.05) is 22.9 Å². The summed E-state index contributed by atoms with van der Waals surface area (Å²) in [5, 5.41) is 3.26. The Morgan fingerprint density at radius 1 is 1.18 bits per heavy atom. The molecule has 33 heavy (non-hydrogen) atoms. The lowest BCUT2D eigenvalue weighted by Crippen LogP contribution is -2.43. The van der Waals surface area contributed by atoms with Crippen molar-refractivity contribution in [3.05, 3.63) is 52.4 Å². The lowest BCUT2D eigenvalue weighted by atomic mass is 9.69. The molecule has 7 nitrogen and oxygen atoms in total. The molecule has 0 saturated carbocycles. The first-order chi connectivity index (χ1) is 15.7. The van der Waals surface area contributed by atoms with Crippen LogP contribution in [0.4, 0.5) is 0 Å². The minimum absolute atomic E-state index is 0.223. The fourth-order valence-electron chi connectivity index (χ4n) is 4.54. The van der Waals surface area contributed by atoms with Crippen molar-refractivity contribution >= 4 is 17.7 Å². The Bertz CT molecular complexity index is 989. The number of allylic oxidation sites excluding steroid dienone is 3. The number of hydrogen-bond acceptors (Lipinski definition) is 7. The third-order valence-corrected chi connectivity index (χ3v) is 5.99. The van der Waals surface area contributed by atoms with E-state index in [9.17, 15) is 14.4 Å². The second-order valence-corrected chi connectivity index (χ2v) is 8.91. The summed E-state index contributed by atoms with van der Waals surface area (Å²) in [5.74, 6) is -2.43.